The van der Waals surface area contributed by atoms with E-state index in [9.17, 15) is 4.79 Å². The Hall–Kier alpha value is -1.75. The van der Waals surface area contributed by atoms with Gasteiger partial charge in [-0.25, -0.2) is 4.79 Å². The lowest BCUT2D eigenvalue weighted by Crippen LogP contribution is -2.28. The maximum absolute atomic E-state index is 11.7. The monoisotopic (exact) mass is 252 g/mol. The molecule has 5 heteroatoms. The van der Waals surface area contributed by atoms with Crippen LogP contribution in [0, 0.1) is 0 Å². The number of rotatable bonds is 6. The number of nitrogens with two attached hydrogens (primary N) is 1. The average Bonchev–Trinajstić information content (AvgIpc) is 2.39. The van der Waals surface area contributed by atoms with Crippen LogP contribution in [0.15, 0.2) is 18.2 Å². The van der Waals surface area contributed by atoms with Crippen LogP contribution in [-0.2, 0) is 9.47 Å². The third-order valence-electron chi connectivity index (χ3n) is 2.71. The van der Waals surface area contributed by atoms with Crippen LogP contribution in [0.5, 0.6) is 0 Å². The molecule has 0 fully saturated rings. The SMILES string of the molecule is CCN(CCOC)c1ccc(N)cc1C(=O)OC. The van der Waals surface area contributed by atoms with E-state index < -0.39 is 0 Å². The van der Waals surface area contributed by atoms with E-state index in [-0.39, 0.29) is 5.97 Å². The maximum Gasteiger partial charge on any atom is 0.340 e. The van der Waals surface area contributed by atoms with E-state index in [1.807, 2.05) is 13.0 Å². The molecule has 0 spiro atoms. The quantitative estimate of drug-likeness (QED) is 0.614. The van der Waals surface area contributed by atoms with E-state index >= 15 is 0 Å². The number of ether oxygens (including phenoxy) is 2. The van der Waals surface area contributed by atoms with E-state index in [0.29, 0.717) is 24.4 Å². The van der Waals surface area contributed by atoms with E-state index in [2.05, 4.69) is 4.90 Å². The molecule has 0 radical (unpaired) electrons. The van der Waals surface area contributed by atoms with Crippen LogP contribution in [0.2, 0.25) is 0 Å². The molecule has 2 N–H and O–H groups in total. The van der Waals surface area contributed by atoms with Gasteiger partial charge in [0.05, 0.1) is 25.0 Å². The molecule has 0 unspecified atom stereocenters. The van der Waals surface area contributed by atoms with Crippen molar-refractivity contribution in [2.24, 2.45) is 0 Å². The first kappa shape index (κ1) is 14.3. The molecular weight excluding hydrogens is 232 g/mol. The van der Waals surface area contributed by atoms with Crippen LogP contribution in [0.1, 0.15) is 17.3 Å². The number of hydrogen-bond acceptors (Lipinski definition) is 5. The number of likely N-dealkylation sites (N-methyl/N-ethyl adjacent to an activating group) is 1. The van der Waals surface area contributed by atoms with Gasteiger partial charge in [-0.2, -0.15) is 0 Å². The summed E-state index contributed by atoms with van der Waals surface area (Å²) in [7, 11) is 3.01. The molecule has 0 saturated carbocycles. The number of nitrogen functional groups attached to an aromatic ring is 1. The molecule has 1 aromatic carbocycles. The van der Waals surface area contributed by atoms with E-state index in [4.69, 9.17) is 15.2 Å². The van der Waals surface area contributed by atoms with Crippen molar-refractivity contribution in [2.45, 2.75) is 6.92 Å². The lowest BCUT2D eigenvalue weighted by molar-refractivity contribution is 0.0601. The van der Waals surface area contributed by atoms with Crippen molar-refractivity contribution in [3.8, 4) is 0 Å². The van der Waals surface area contributed by atoms with Crippen LogP contribution in [0.4, 0.5) is 11.4 Å². The fraction of sp³-hybridized carbons (Fsp3) is 0.462. The lowest BCUT2D eigenvalue weighted by Gasteiger charge is -2.24. The van der Waals surface area contributed by atoms with Crippen LogP contribution < -0.4 is 10.6 Å². The summed E-state index contributed by atoms with van der Waals surface area (Å²) in [5, 5.41) is 0. The fourth-order valence-electron chi connectivity index (χ4n) is 1.75. The van der Waals surface area contributed by atoms with Gasteiger partial charge >= 0.3 is 5.97 Å². The van der Waals surface area contributed by atoms with Gasteiger partial charge in [0.2, 0.25) is 0 Å². The summed E-state index contributed by atoms with van der Waals surface area (Å²) in [5.74, 6) is -0.381. The Morgan fingerprint density at radius 1 is 1.39 bits per heavy atom. The molecule has 0 aliphatic carbocycles. The second kappa shape index (κ2) is 6.86. The predicted molar refractivity (Wildman–Crippen MR) is 72.0 cm³/mol. The smallest absolute Gasteiger partial charge is 0.340 e. The van der Waals surface area contributed by atoms with Gasteiger partial charge in [-0.3, -0.25) is 0 Å². The molecule has 0 saturated heterocycles. The molecule has 0 heterocycles. The number of carbonyl (C=O) groups is 1. The highest BCUT2D eigenvalue weighted by Crippen LogP contribution is 2.23. The van der Waals surface area contributed by atoms with Crippen molar-refractivity contribution in [3.05, 3.63) is 23.8 Å². The Balaban J connectivity index is 3.08. The molecule has 0 aliphatic rings. The van der Waals surface area contributed by atoms with Crippen LogP contribution in [0.3, 0.4) is 0 Å². The third kappa shape index (κ3) is 3.37. The molecule has 1 rings (SSSR count). The zero-order chi connectivity index (χ0) is 13.5. The predicted octanol–water partition coefficient (Wildman–Crippen LogP) is 1.53. The number of benzene rings is 1. The van der Waals surface area contributed by atoms with Gasteiger partial charge < -0.3 is 20.1 Å². The van der Waals surface area contributed by atoms with Gasteiger partial charge in [0.25, 0.3) is 0 Å². The summed E-state index contributed by atoms with van der Waals surface area (Å²) in [6, 6.07) is 5.24. The number of anilines is 2. The zero-order valence-electron chi connectivity index (χ0n) is 11.1. The molecule has 18 heavy (non-hydrogen) atoms. The highest BCUT2D eigenvalue weighted by Gasteiger charge is 2.16. The second-order valence-electron chi connectivity index (χ2n) is 3.84. The van der Waals surface area contributed by atoms with Crippen molar-refractivity contribution >= 4 is 17.3 Å². The van der Waals surface area contributed by atoms with Gasteiger partial charge in [-0.1, -0.05) is 0 Å². The Labute approximate surface area is 107 Å². The molecule has 0 atom stereocenters. The molecule has 0 aromatic heterocycles. The first-order valence-corrected chi connectivity index (χ1v) is 5.85. The maximum atomic E-state index is 11.7. The largest absolute Gasteiger partial charge is 0.465 e. The van der Waals surface area contributed by atoms with Crippen LogP contribution >= 0.6 is 0 Å². The van der Waals surface area contributed by atoms with Crippen molar-refractivity contribution in [1.82, 2.24) is 0 Å². The lowest BCUT2D eigenvalue weighted by atomic mass is 10.1. The molecule has 5 nitrogen and oxygen atoms in total. The summed E-state index contributed by atoms with van der Waals surface area (Å²) < 4.78 is 9.84. The van der Waals surface area contributed by atoms with Gasteiger partial charge in [0.15, 0.2) is 0 Å². The Bertz CT molecular complexity index is 407. The standard InChI is InChI=1S/C13H20N2O3/c1-4-15(7-8-17-2)12-6-5-10(14)9-11(12)13(16)18-3/h5-6,9H,4,7-8,14H2,1-3H3. The second-order valence-corrected chi connectivity index (χ2v) is 3.84. The van der Waals surface area contributed by atoms with Crippen LogP contribution in [-0.4, -0.2) is 39.9 Å². The fourth-order valence-corrected chi connectivity index (χ4v) is 1.75. The molecule has 0 amide bonds. The summed E-state index contributed by atoms with van der Waals surface area (Å²) >= 11 is 0. The van der Waals surface area contributed by atoms with E-state index in [0.717, 1.165) is 12.2 Å². The van der Waals surface area contributed by atoms with Crippen LogP contribution in [0.25, 0.3) is 0 Å². The van der Waals surface area contributed by atoms with Gasteiger partial charge in [0, 0.05) is 25.9 Å². The Morgan fingerprint density at radius 2 is 2.11 bits per heavy atom. The summed E-state index contributed by atoms with van der Waals surface area (Å²) in [6.07, 6.45) is 0. The molecule has 0 aliphatic heterocycles. The van der Waals surface area contributed by atoms with Gasteiger partial charge in [-0.05, 0) is 25.1 Å². The molecule has 0 bridgehead atoms. The highest BCUT2D eigenvalue weighted by molar-refractivity contribution is 5.96. The minimum atomic E-state index is -0.381. The normalized spacial score (nSPS) is 10.2. The Kier molecular flexibility index (Phi) is 5.45. The molecular formula is C13H20N2O3. The van der Waals surface area contributed by atoms with E-state index in [1.54, 1.807) is 19.2 Å². The average molecular weight is 252 g/mol. The highest BCUT2D eigenvalue weighted by atomic mass is 16.5. The summed E-state index contributed by atoms with van der Waals surface area (Å²) in [6.45, 7) is 4.10. The molecule has 1 aromatic rings. The Morgan fingerprint density at radius 3 is 2.67 bits per heavy atom. The zero-order valence-corrected chi connectivity index (χ0v) is 11.1. The van der Waals surface area contributed by atoms with Crippen molar-refractivity contribution in [1.29, 1.82) is 0 Å². The first-order valence-electron chi connectivity index (χ1n) is 5.85. The minimum Gasteiger partial charge on any atom is -0.465 e. The topological polar surface area (TPSA) is 64.8 Å². The first-order chi connectivity index (χ1) is 8.63. The number of carbonyl (C=O) groups excluding carboxylic acids is 1. The summed E-state index contributed by atoms with van der Waals surface area (Å²) in [4.78, 5) is 13.8. The number of hydrogen-bond donors (Lipinski definition) is 1. The number of nitrogens with zero attached hydrogens (tertiary/aromatic N) is 1. The van der Waals surface area contributed by atoms with E-state index in [1.165, 1.54) is 7.11 Å². The van der Waals surface area contributed by atoms with Gasteiger partial charge in [-0.15, -0.1) is 0 Å². The molecule has 100 valence electrons. The third-order valence-corrected chi connectivity index (χ3v) is 2.71. The van der Waals surface area contributed by atoms with Gasteiger partial charge in [0.1, 0.15) is 0 Å². The summed E-state index contributed by atoms with van der Waals surface area (Å²) in [5.41, 5.74) is 7.55. The minimum absolute atomic E-state index is 0.381. The number of methoxy groups -OCH3 is 2. The van der Waals surface area contributed by atoms with Crippen molar-refractivity contribution in [2.75, 3.05) is 44.5 Å². The van der Waals surface area contributed by atoms with Crippen molar-refractivity contribution in [3.63, 3.8) is 0 Å². The number of esters is 1. The van der Waals surface area contributed by atoms with Crippen molar-refractivity contribution < 1.29 is 14.3 Å².